The number of ketones is 2. The number of fused-ring (bicyclic) bond motifs is 6. The second kappa shape index (κ2) is 13.6. The number of carbonyl (C=O) groups is 3. The molecular formula is C43H53ClFN3O7. The molecule has 1 unspecified atom stereocenters. The van der Waals surface area contributed by atoms with E-state index in [4.69, 9.17) is 22.1 Å². The van der Waals surface area contributed by atoms with E-state index in [9.17, 15) is 29.4 Å². The topological polar surface area (TPSA) is 152 Å². The van der Waals surface area contributed by atoms with Crippen LogP contribution in [0.15, 0.2) is 28.6 Å². The van der Waals surface area contributed by atoms with E-state index >= 15 is 4.39 Å². The van der Waals surface area contributed by atoms with Crippen molar-refractivity contribution < 1.29 is 33.7 Å². The molecule has 4 saturated carbocycles. The van der Waals surface area contributed by atoms with Gasteiger partial charge in [0.05, 0.1) is 34.3 Å². The van der Waals surface area contributed by atoms with Crippen LogP contribution in [-0.4, -0.2) is 69.8 Å². The number of esters is 1. The van der Waals surface area contributed by atoms with Crippen molar-refractivity contribution in [2.45, 2.75) is 122 Å². The van der Waals surface area contributed by atoms with Gasteiger partial charge in [-0.2, -0.15) is 0 Å². The van der Waals surface area contributed by atoms with E-state index in [1.165, 1.54) is 6.92 Å². The lowest BCUT2D eigenvalue weighted by Gasteiger charge is -2.59. The minimum atomic E-state index is -1.73. The van der Waals surface area contributed by atoms with Gasteiger partial charge in [-0.25, -0.2) is 9.18 Å². The number of hydrogen-bond acceptors (Lipinski definition) is 9. The zero-order valence-corrected chi connectivity index (χ0v) is 33.0. The Labute approximate surface area is 325 Å². The first kappa shape index (κ1) is 38.5. The number of aliphatic hydroxyl groups is 2. The number of allylic oxidation sites excluding steroid dienone is 4. The van der Waals surface area contributed by atoms with Crippen molar-refractivity contribution in [1.29, 1.82) is 0 Å². The molecule has 5 aliphatic carbocycles. The van der Waals surface area contributed by atoms with Crippen LogP contribution in [0.1, 0.15) is 112 Å². The summed E-state index contributed by atoms with van der Waals surface area (Å²) < 4.78 is 23.8. The Morgan fingerprint density at radius 2 is 1.85 bits per heavy atom. The molecule has 296 valence electrons. The maximum absolute atomic E-state index is 16.3. The quantitative estimate of drug-likeness (QED) is 0.280. The zero-order chi connectivity index (χ0) is 39.4. The normalized spacial score (nSPS) is 34.5. The number of hydrogen-bond donors (Lipinski definition) is 3. The highest BCUT2D eigenvalue weighted by atomic mass is 35.5. The van der Waals surface area contributed by atoms with E-state index < -0.39 is 45.5 Å². The number of aliphatic hydroxyl groups excluding tert-OH is 1. The summed E-state index contributed by atoms with van der Waals surface area (Å²) in [7, 11) is 0. The van der Waals surface area contributed by atoms with Crippen LogP contribution >= 0.6 is 11.6 Å². The number of nitrogens with two attached hydrogens (primary N) is 1. The summed E-state index contributed by atoms with van der Waals surface area (Å²) in [4.78, 5) is 56.1. The standard InChI is InChI=1S/C43H53ClFN3O7/c1-22-32-37(35(44)38(36(22)45)47-17-6-5-7-25(46)21-47)48(26-9-10-26)23(2)33(39(32)52)40(53)55-18-14-31(51)43(54)16-13-29-28-11-8-24-19-27(49)12-15-41(24,3)34(28)30(50)20-42(29,43)4/h12,15,19,25-26,28-30,34,50,54H,5-11,13-14,16-18,20-21,46H2,1-4H3/t25-,28+,29+,30+,34?,41+,42+,43+/m1/s1. The monoisotopic (exact) mass is 777 g/mol. The number of ether oxygens (including phenoxy) is 1. The van der Waals surface area contributed by atoms with Crippen LogP contribution in [0.4, 0.5) is 10.1 Å². The molecule has 0 spiro atoms. The van der Waals surface area contributed by atoms with Crippen molar-refractivity contribution in [1.82, 2.24) is 4.57 Å². The number of halogens is 2. The number of aryl methyl sites for hydroxylation is 1. The van der Waals surface area contributed by atoms with E-state index in [0.717, 1.165) is 50.5 Å². The van der Waals surface area contributed by atoms with E-state index in [0.29, 0.717) is 30.7 Å². The number of aromatic nitrogens is 1. The summed E-state index contributed by atoms with van der Waals surface area (Å²) in [5.74, 6) is -2.12. The van der Waals surface area contributed by atoms with Crippen molar-refractivity contribution in [2.75, 3.05) is 24.6 Å². The number of pyridine rings is 1. The summed E-state index contributed by atoms with van der Waals surface area (Å²) in [6, 6.07) is -0.167. The molecule has 1 saturated heterocycles. The second-order valence-electron chi connectivity index (χ2n) is 17.8. The van der Waals surface area contributed by atoms with E-state index in [-0.39, 0.29) is 88.7 Å². The zero-order valence-electron chi connectivity index (χ0n) is 32.3. The molecule has 1 aliphatic heterocycles. The number of Topliss-reactive ketones (excluding diaryl/α,β-unsaturated/α-hetero) is 1. The van der Waals surface area contributed by atoms with Gasteiger partial charge in [-0.3, -0.25) is 14.4 Å². The Morgan fingerprint density at radius 3 is 2.58 bits per heavy atom. The minimum absolute atomic E-state index is 0.0185. The molecule has 0 bridgehead atoms. The van der Waals surface area contributed by atoms with Gasteiger partial charge in [0, 0.05) is 59.6 Å². The average Bonchev–Trinajstić information content (AvgIpc) is 3.95. The van der Waals surface area contributed by atoms with Gasteiger partial charge in [-0.1, -0.05) is 43.5 Å². The van der Waals surface area contributed by atoms with E-state index in [1.807, 2.05) is 22.5 Å². The molecule has 55 heavy (non-hydrogen) atoms. The molecule has 2 heterocycles. The van der Waals surface area contributed by atoms with Crippen molar-refractivity contribution in [3.8, 4) is 0 Å². The predicted molar refractivity (Wildman–Crippen MR) is 208 cm³/mol. The molecule has 0 radical (unpaired) electrons. The average molecular weight is 778 g/mol. The second-order valence-corrected chi connectivity index (χ2v) is 18.2. The van der Waals surface area contributed by atoms with Crippen molar-refractivity contribution >= 4 is 45.7 Å². The van der Waals surface area contributed by atoms with Crippen LogP contribution in [0.5, 0.6) is 0 Å². The lowest BCUT2D eigenvalue weighted by molar-refractivity contribution is -0.177. The van der Waals surface area contributed by atoms with Crippen molar-refractivity contribution in [3.63, 3.8) is 0 Å². The molecule has 8 atom stereocenters. The van der Waals surface area contributed by atoms with Crippen LogP contribution in [-0.2, 0) is 14.3 Å². The van der Waals surface area contributed by atoms with Crippen LogP contribution in [0.25, 0.3) is 10.9 Å². The molecule has 6 aliphatic rings. The molecule has 5 fully saturated rings. The Balaban J connectivity index is 1.04. The fraction of sp³-hybridized carbons (Fsp3) is 0.628. The van der Waals surface area contributed by atoms with Crippen LogP contribution in [0.2, 0.25) is 5.02 Å². The highest BCUT2D eigenvalue weighted by Gasteiger charge is 2.68. The summed E-state index contributed by atoms with van der Waals surface area (Å²) >= 11 is 7.06. The first-order chi connectivity index (χ1) is 26.0. The molecule has 4 N–H and O–H groups in total. The lowest BCUT2D eigenvalue weighted by atomic mass is 9.46. The van der Waals surface area contributed by atoms with E-state index in [2.05, 4.69) is 6.92 Å². The third-order valence-corrected chi connectivity index (χ3v) is 15.2. The number of rotatable bonds is 7. The van der Waals surface area contributed by atoms with Gasteiger partial charge in [0.2, 0.25) is 5.43 Å². The SMILES string of the molecule is Cc1c(F)c(N2CCCC[C@@H](N)C2)c(Cl)c2c1c(=O)c(C(=O)OCCC(=O)[C@@]1(O)CC[C@H]3[C@@H]4CCC5=CC(=O)C=C[C@]5(C)C4[C@@H](O)C[C@@]31C)c(C)n2C1CC1. The van der Waals surface area contributed by atoms with Gasteiger partial charge in [-0.05, 0) is 95.6 Å². The molecule has 1 aromatic heterocycles. The highest BCUT2D eigenvalue weighted by molar-refractivity contribution is 6.38. The van der Waals surface area contributed by atoms with Crippen LogP contribution < -0.4 is 16.1 Å². The Morgan fingerprint density at radius 1 is 1.11 bits per heavy atom. The first-order valence-electron chi connectivity index (χ1n) is 20.2. The fourth-order valence-electron chi connectivity index (χ4n) is 11.9. The van der Waals surface area contributed by atoms with Crippen molar-refractivity contribution in [3.05, 3.63) is 61.7 Å². The maximum atomic E-state index is 16.3. The smallest absolute Gasteiger partial charge is 0.343 e. The third kappa shape index (κ3) is 5.80. The van der Waals surface area contributed by atoms with E-state index in [1.54, 1.807) is 19.1 Å². The lowest BCUT2D eigenvalue weighted by Crippen LogP contribution is -2.61. The Kier molecular flexibility index (Phi) is 9.54. The fourth-order valence-corrected chi connectivity index (χ4v) is 12.2. The molecule has 10 nitrogen and oxygen atoms in total. The largest absolute Gasteiger partial charge is 0.461 e. The molecule has 8 rings (SSSR count). The number of carbonyl (C=O) groups excluding carboxylic acids is 3. The summed E-state index contributed by atoms with van der Waals surface area (Å²) in [5, 5.41) is 24.1. The minimum Gasteiger partial charge on any atom is -0.461 e. The van der Waals surface area contributed by atoms with Gasteiger partial charge in [-0.15, -0.1) is 0 Å². The van der Waals surface area contributed by atoms with Gasteiger partial charge >= 0.3 is 5.97 Å². The maximum Gasteiger partial charge on any atom is 0.343 e. The Bertz CT molecular complexity index is 2130. The molecule has 2 aromatic rings. The number of anilines is 1. The third-order valence-electron chi connectivity index (χ3n) is 14.8. The summed E-state index contributed by atoms with van der Waals surface area (Å²) in [6.07, 6.45) is 10.9. The molecule has 1 aromatic carbocycles. The van der Waals surface area contributed by atoms with Gasteiger partial charge in [0.1, 0.15) is 11.2 Å². The van der Waals surface area contributed by atoms with Gasteiger partial charge in [0.25, 0.3) is 0 Å². The van der Waals surface area contributed by atoms with Crippen LogP contribution in [0.3, 0.4) is 0 Å². The van der Waals surface area contributed by atoms with Crippen molar-refractivity contribution in [2.24, 2.45) is 34.3 Å². The number of nitrogens with zero attached hydrogens (tertiary/aromatic N) is 2. The number of benzene rings is 1. The predicted octanol–water partition coefficient (Wildman–Crippen LogP) is 6.19. The molecular weight excluding hydrogens is 725 g/mol. The van der Waals surface area contributed by atoms with Gasteiger partial charge in [0.15, 0.2) is 17.4 Å². The molecule has 0 amide bonds. The summed E-state index contributed by atoms with van der Waals surface area (Å²) in [6.45, 7) is 7.86. The van der Waals surface area contributed by atoms with Crippen LogP contribution in [0, 0.1) is 48.2 Å². The summed E-state index contributed by atoms with van der Waals surface area (Å²) in [5.41, 5.74) is 4.47. The molecule has 12 heteroatoms. The van der Waals surface area contributed by atoms with Gasteiger partial charge < -0.3 is 30.2 Å². The first-order valence-corrected chi connectivity index (χ1v) is 20.5. The highest BCUT2D eigenvalue weighted by Crippen LogP contribution is 2.67. The Hall–Kier alpha value is -3.38.